The maximum absolute atomic E-state index is 12.4. The molecule has 1 N–H and O–H groups in total. The molecule has 27 heavy (non-hydrogen) atoms. The number of esters is 1. The lowest BCUT2D eigenvalue weighted by Gasteiger charge is -2.11. The molecule has 3 aromatic carbocycles. The van der Waals surface area contributed by atoms with Gasteiger partial charge < -0.3 is 14.8 Å². The minimum atomic E-state index is -0.657. The van der Waals surface area contributed by atoms with Gasteiger partial charge in [0, 0.05) is 0 Å². The van der Waals surface area contributed by atoms with E-state index in [2.05, 4.69) is 5.32 Å². The van der Waals surface area contributed by atoms with Gasteiger partial charge in [0.25, 0.3) is 5.91 Å². The van der Waals surface area contributed by atoms with Crippen molar-refractivity contribution in [2.75, 3.05) is 11.9 Å². The van der Waals surface area contributed by atoms with Crippen molar-refractivity contribution in [3.05, 3.63) is 89.4 Å². The summed E-state index contributed by atoms with van der Waals surface area (Å²) in [7, 11) is 0. The molecule has 0 unspecified atom stereocenters. The van der Waals surface area contributed by atoms with Crippen molar-refractivity contribution >= 4 is 29.2 Å². The summed E-state index contributed by atoms with van der Waals surface area (Å²) in [5.74, 6) is -0.205. The van der Waals surface area contributed by atoms with Gasteiger partial charge in [0.15, 0.2) is 6.61 Å². The van der Waals surface area contributed by atoms with Crippen LogP contribution in [-0.4, -0.2) is 18.5 Å². The monoisotopic (exact) mass is 381 g/mol. The first-order valence-corrected chi connectivity index (χ1v) is 8.55. The second kappa shape index (κ2) is 8.87. The predicted molar refractivity (Wildman–Crippen MR) is 103 cm³/mol. The number of amides is 1. The maximum atomic E-state index is 12.4. The Kier molecular flexibility index (Phi) is 6.07. The molecule has 0 saturated heterocycles. The highest BCUT2D eigenvalue weighted by Gasteiger charge is 2.16. The van der Waals surface area contributed by atoms with Crippen LogP contribution in [0, 0.1) is 0 Å². The molecule has 0 radical (unpaired) electrons. The normalized spacial score (nSPS) is 10.1. The molecule has 136 valence electrons. The topological polar surface area (TPSA) is 64.6 Å². The Labute approximate surface area is 161 Å². The molecule has 0 aromatic heterocycles. The van der Waals surface area contributed by atoms with E-state index in [0.717, 1.165) is 0 Å². The van der Waals surface area contributed by atoms with Crippen molar-refractivity contribution in [3.8, 4) is 11.5 Å². The van der Waals surface area contributed by atoms with Crippen molar-refractivity contribution in [3.63, 3.8) is 0 Å². The minimum Gasteiger partial charge on any atom is -0.456 e. The second-order valence-electron chi connectivity index (χ2n) is 5.52. The summed E-state index contributed by atoms with van der Waals surface area (Å²) < 4.78 is 10.8. The van der Waals surface area contributed by atoms with Gasteiger partial charge in [0.2, 0.25) is 0 Å². The zero-order valence-corrected chi connectivity index (χ0v) is 15.0. The summed E-state index contributed by atoms with van der Waals surface area (Å²) in [4.78, 5) is 24.4. The summed E-state index contributed by atoms with van der Waals surface area (Å²) in [6.07, 6.45) is 0. The van der Waals surface area contributed by atoms with Crippen LogP contribution in [0.15, 0.2) is 78.9 Å². The number of halogens is 1. The maximum Gasteiger partial charge on any atom is 0.342 e. The van der Waals surface area contributed by atoms with Crippen LogP contribution >= 0.6 is 11.6 Å². The highest BCUT2D eigenvalue weighted by molar-refractivity contribution is 6.33. The molecule has 0 aliphatic heterocycles. The molecule has 0 saturated carbocycles. The number of rotatable bonds is 6. The summed E-state index contributed by atoms with van der Waals surface area (Å²) in [5, 5.41) is 2.99. The molecule has 0 aliphatic carbocycles. The van der Waals surface area contributed by atoms with E-state index in [0.29, 0.717) is 22.2 Å². The Morgan fingerprint density at radius 1 is 0.852 bits per heavy atom. The van der Waals surface area contributed by atoms with Gasteiger partial charge in [-0.15, -0.1) is 0 Å². The van der Waals surface area contributed by atoms with Crippen molar-refractivity contribution in [1.29, 1.82) is 0 Å². The number of hydrogen-bond acceptors (Lipinski definition) is 4. The first kappa shape index (κ1) is 18.5. The molecule has 0 atom stereocenters. The van der Waals surface area contributed by atoms with E-state index >= 15 is 0 Å². The van der Waals surface area contributed by atoms with Gasteiger partial charge in [-0.3, -0.25) is 4.79 Å². The summed E-state index contributed by atoms with van der Waals surface area (Å²) >= 11 is 5.99. The zero-order chi connectivity index (χ0) is 19.1. The van der Waals surface area contributed by atoms with E-state index in [-0.39, 0.29) is 5.56 Å². The van der Waals surface area contributed by atoms with Crippen LogP contribution in [0.4, 0.5) is 5.69 Å². The van der Waals surface area contributed by atoms with Crippen molar-refractivity contribution < 1.29 is 19.1 Å². The second-order valence-corrected chi connectivity index (χ2v) is 5.92. The molecular formula is C21H16ClNO4. The molecule has 0 heterocycles. The smallest absolute Gasteiger partial charge is 0.342 e. The van der Waals surface area contributed by atoms with Crippen molar-refractivity contribution in [2.24, 2.45) is 0 Å². The van der Waals surface area contributed by atoms with Crippen LogP contribution in [0.1, 0.15) is 10.4 Å². The Bertz CT molecular complexity index is 944. The zero-order valence-electron chi connectivity index (χ0n) is 14.2. The molecule has 0 bridgehead atoms. The number of ether oxygens (including phenoxy) is 2. The summed E-state index contributed by atoms with van der Waals surface area (Å²) in [5.41, 5.74) is 0.680. The summed E-state index contributed by atoms with van der Waals surface area (Å²) in [6, 6.07) is 22.6. The Hall–Kier alpha value is -3.31. The van der Waals surface area contributed by atoms with Crippen LogP contribution in [0.5, 0.6) is 11.5 Å². The Morgan fingerprint density at radius 3 is 2.30 bits per heavy atom. The van der Waals surface area contributed by atoms with Gasteiger partial charge in [-0.1, -0.05) is 54.1 Å². The van der Waals surface area contributed by atoms with E-state index in [1.54, 1.807) is 60.7 Å². The molecule has 6 heteroatoms. The Balaban J connectivity index is 1.63. The molecule has 3 rings (SSSR count). The molecule has 0 spiro atoms. The molecule has 1 amide bonds. The van der Waals surface area contributed by atoms with Gasteiger partial charge in [0.1, 0.15) is 17.1 Å². The van der Waals surface area contributed by atoms with Crippen LogP contribution in [-0.2, 0) is 9.53 Å². The average molecular weight is 382 g/mol. The minimum absolute atomic E-state index is 0.229. The standard InChI is InChI=1S/C21H16ClNO4/c22-17-11-5-6-12-18(17)23-20(24)14-26-21(25)16-10-4-7-13-19(16)27-15-8-2-1-3-9-15/h1-13H,14H2,(H,23,24). The number of nitrogens with one attached hydrogen (secondary N) is 1. The van der Waals surface area contributed by atoms with Gasteiger partial charge >= 0.3 is 5.97 Å². The molecule has 0 aliphatic rings. The highest BCUT2D eigenvalue weighted by atomic mass is 35.5. The number of hydrogen-bond donors (Lipinski definition) is 1. The molecular weight excluding hydrogens is 366 g/mol. The number of carbonyl (C=O) groups is 2. The van der Waals surface area contributed by atoms with Crippen LogP contribution in [0.3, 0.4) is 0 Å². The van der Waals surface area contributed by atoms with Gasteiger partial charge in [0.05, 0.1) is 10.7 Å². The van der Waals surface area contributed by atoms with E-state index in [9.17, 15) is 9.59 Å². The van der Waals surface area contributed by atoms with E-state index in [4.69, 9.17) is 21.1 Å². The third-order valence-electron chi connectivity index (χ3n) is 3.56. The molecule has 5 nitrogen and oxygen atoms in total. The largest absolute Gasteiger partial charge is 0.456 e. The lowest BCUT2D eigenvalue weighted by molar-refractivity contribution is -0.119. The first-order chi connectivity index (χ1) is 13.1. The number of carbonyl (C=O) groups excluding carboxylic acids is 2. The third kappa shape index (κ3) is 5.09. The number of anilines is 1. The first-order valence-electron chi connectivity index (χ1n) is 8.17. The lowest BCUT2D eigenvalue weighted by Crippen LogP contribution is -2.21. The van der Waals surface area contributed by atoms with Crippen molar-refractivity contribution in [1.82, 2.24) is 0 Å². The third-order valence-corrected chi connectivity index (χ3v) is 3.89. The van der Waals surface area contributed by atoms with Crippen LogP contribution in [0.25, 0.3) is 0 Å². The average Bonchev–Trinajstić information content (AvgIpc) is 2.69. The SMILES string of the molecule is O=C(COC(=O)c1ccccc1Oc1ccccc1)Nc1ccccc1Cl. The number of para-hydroxylation sites is 3. The van der Waals surface area contributed by atoms with Crippen molar-refractivity contribution in [2.45, 2.75) is 0 Å². The van der Waals surface area contributed by atoms with Crippen LogP contribution < -0.4 is 10.1 Å². The predicted octanol–water partition coefficient (Wildman–Crippen LogP) is 4.93. The summed E-state index contributed by atoms with van der Waals surface area (Å²) in [6.45, 7) is -0.441. The van der Waals surface area contributed by atoms with E-state index in [1.165, 1.54) is 0 Å². The lowest BCUT2D eigenvalue weighted by atomic mass is 10.2. The fraction of sp³-hybridized carbons (Fsp3) is 0.0476. The number of benzene rings is 3. The quantitative estimate of drug-likeness (QED) is 0.615. The van der Waals surface area contributed by atoms with Gasteiger partial charge in [-0.25, -0.2) is 4.79 Å². The van der Waals surface area contributed by atoms with E-state index in [1.807, 2.05) is 18.2 Å². The van der Waals surface area contributed by atoms with Gasteiger partial charge in [-0.05, 0) is 36.4 Å². The fourth-order valence-corrected chi connectivity index (χ4v) is 2.48. The molecule has 0 fully saturated rings. The van der Waals surface area contributed by atoms with Gasteiger partial charge in [-0.2, -0.15) is 0 Å². The molecule has 3 aromatic rings. The van der Waals surface area contributed by atoms with E-state index < -0.39 is 18.5 Å². The highest BCUT2D eigenvalue weighted by Crippen LogP contribution is 2.25. The van der Waals surface area contributed by atoms with Crippen LogP contribution in [0.2, 0.25) is 5.02 Å². The Morgan fingerprint density at radius 2 is 1.52 bits per heavy atom. The fourth-order valence-electron chi connectivity index (χ4n) is 2.30.